The third-order valence-electron chi connectivity index (χ3n) is 4.47. The van der Waals surface area contributed by atoms with E-state index in [0.717, 1.165) is 32.9 Å². The first-order valence-corrected chi connectivity index (χ1v) is 10.8. The summed E-state index contributed by atoms with van der Waals surface area (Å²) in [5.41, 5.74) is 4.95. The number of hydrogen-bond donors (Lipinski definition) is 1. The van der Waals surface area contributed by atoms with E-state index < -0.39 is 0 Å². The molecule has 0 amide bonds. The molecule has 0 aliphatic rings. The minimum absolute atomic E-state index is 0.241. The van der Waals surface area contributed by atoms with Gasteiger partial charge in [-0.1, -0.05) is 65.1 Å². The number of phenols is 1. The summed E-state index contributed by atoms with van der Waals surface area (Å²) in [4.78, 5) is 8.92. The summed E-state index contributed by atoms with van der Waals surface area (Å²) >= 11 is 9.06. The zero-order valence-electron chi connectivity index (χ0n) is 16.6. The Balaban J connectivity index is 0.000000252. The Morgan fingerprint density at radius 2 is 1.86 bits per heavy atom. The molecule has 0 atom stereocenters. The standard InChI is InChI=1S/C16H16BrN3O.C7H7Cl/c1-10(2)15-14(19-16-18-6-3-7-20(15)16)12-8-11(9-17)4-5-13(12)21;1-6-2-4-7(8)5-3-6/h3-8,10,21H,9H2,1-2H3;2-5H,1H3. The van der Waals surface area contributed by atoms with Gasteiger partial charge in [-0.05, 0) is 48.7 Å². The summed E-state index contributed by atoms with van der Waals surface area (Å²) in [5.74, 6) is 1.16. The lowest BCUT2D eigenvalue weighted by Crippen LogP contribution is -1.97. The predicted molar refractivity (Wildman–Crippen MR) is 123 cm³/mol. The number of aromatic nitrogens is 3. The molecule has 4 rings (SSSR count). The summed E-state index contributed by atoms with van der Waals surface area (Å²) in [7, 11) is 0. The van der Waals surface area contributed by atoms with Crippen molar-refractivity contribution < 1.29 is 5.11 Å². The maximum absolute atomic E-state index is 10.2. The molecule has 4 aromatic rings. The van der Waals surface area contributed by atoms with E-state index in [2.05, 4.69) is 39.7 Å². The number of alkyl halides is 1. The van der Waals surface area contributed by atoms with Gasteiger partial charge >= 0.3 is 0 Å². The van der Waals surface area contributed by atoms with E-state index in [1.165, 1.54) is 5.56 Å². The average Bonchev–Trinajstić information content (AvgIpc) is 3.10. The molecule has 2 heterocycles. The Morgan fingerprint density at radius 1 is 1.14 bits per heavy atom. The molecule has 29 heavy (non-hydrogen) atoms. The highest BCUT2D eigenvalue weighted by Gasteiger charge is 2.19. The van der Waals surface area contributed by atoms with Crippen molar-refractivity contribution in [3.05, 3.63) is 82.8 Å². The summed E-state index contributed by atoms with van der Waals surface area (Å²) in [6.07, 6.45) is 3.69. The van der Waals surface area contributed by atoms with E-state index in [1.807, 2.05) is 60.0 Å². The van der Waals surface area contributed by atoms with Crippen molar-refractivity contribution in [2.45, 2.75) is 32.0 Å². The van der Waals surface area contributed by atoms with Gasteiger partial charge in [-0.2, -0.15) is 0 Å². The molecule has 4 nitrogen and oxygen atoms in total. The number of imidazole rings is 1. The third kappa shape index (κ3) is 4.98. The molecule has 150 valence electrons. The monoisotopic (exact) mass is 471 g/mol. The number of phenolic OH excluding ortho intramolecular Hbond substituents is 1. The quantitative estimate of drug-likeness (QED) is 0.335. The molecule has 0 aliphatic heterocycles. The van der Waals surface area contributed by atoms with Crippen LogP contribution in [-0.2, 0) is 5.33 Å². The third-order valence-corrected chi connectivity index (χ3v) is 5.37. The molecule has 0 aliphatic carbocycles. The number of nitrogens with zero attached hydrogens (tertiary/aromatic N) is 3. The van der Waals surface area contributed by atoms with Crippen molar-refractivity contribution in [2.24, 2.45) is 0 Å². The van der Waals surface area contributed by atoms with Gasteiger partial charge in [0.1, 0.15) is 5.75 Å². The van der Waals surface area contributed by atoms with E-state index in [-0.39, 0.29) is 11.7 Å². The molecule has 2 aromatic carbocycles. The molecule has 0 unspecified atom stereocenters. The molecular formula is C23H23BrClN3O. The molecule has 0 bridgehead atoms. The highest BCUT2D eigenvalue weighted by atomic mass is 79.9. The smallest absolute Gasteiger partial charge is 0.234 e. The van der Waals surface area contributed by atoms with Gasteiger partial charge in [0, 0.05) is 28.3 Å². The molecule has 0 fully saturated rings. The Kier molecular flexibility index (Phi) is 6.93. The van der Waals surface area contributed by atoms with Crippen LogP contribution in [0, 0.1) is 6.92 Å². The molecule has 0 saturated carbocycles. The zero-order chi connectivity index (χ0) is 21.0. The van der Waals surface area contributed by atoms with Gasteiger partial charge in [0.25, 0.3) is 0 Å². The highest BCUT2D eigenvalue weighted by molar-refractivity contribution is 9.08. The lowest BCUT2D eigenvalue weighted by atomic mass is 10.0. The number of fused-ring (bicyclic) bond motifs is 1. The van der Waals surface area contributed by atoms with Gasteiger partial charge in [-0.3, -0.25) is 4.40 Å². The summed E-state index contributed by atoms with van der Waals surface area (Å²) in [6, 6.07) is 15.2. The van der Waals surface area contributed by atoms with Gasteiger partial charge in [0.05, 0.1) is 11.4 Å². The Labute approximate surface area is 184 Å². The first-order chi connectivity index (χ1) is 13.9. The van der Waals surface area contributed by atoms with Crippen molar-refractivity contribution in [2.75, 3.05) is 0 Å². The van der Waals surface area contributed by atoms with Crippen molar-refractivity contribution >= 4 is 33.3 Å². The minimum Gasteiger partial charge on any atom is -0.507 e. The molecule has 0 spiro atoms. The highest BCUT2D eigenvalue weighted by Crippen LogP contribution is 2.35. The second kappa shape index (κ2) is 9.42. The number of benzene rings is 2. The first-order valence-electron chi connectivity index (χ1n) is 9.34. The summed E-state index contributed by atoms with van der Waals surface area (Å²) in [5, 5.41) is 11.8. The van der Waals surface area contributed by atoms with Gasteiger partial charge < -0.3 is 5.11 Å². The van der Waals surface area contributed by atoms with E-state index in [9.17, 15) is 5.11 Å². The molecule has 6 heteroatoms. The normalized spacial score (nSPS) is 10.8. The Hall–Kier alpha value is -2.37. The maximum Gasteiger partial charge on any atom is 0.234 e. The average molecular weight is 473 g/mol. The van der Waals surface area contributed by atoms with Crippen LogP contribution in [0.15, 0.2) is 60.9 Å². The predicted octanol–water partition coefficient (Wildman–Crippen LogP) is 6.77. The van der Waals surface area contributed by atoms with E-state index >= 15 is 0 Å². The fourth-order valence-electron chi connectivity index (χ4n) is 3.04. The van der Waals surface area contributed by atoms with Crippen molar-refractivity contribution in [1.29, 1.82) is 0 Å². The van der Waals surface area contributed by atoms with E-state index in [4.69, 9.17) is 11.6 Å². The molecule has 0 saturated heterocycles. The zero-order valence-corrected chi connectivity index (χ0v) is 18.9. The van der Waals surface area contributed by atoms with E-state index in [0.29, 0.717) is 5.78 Å². The minimum atomic E-state index is 0.241. The van der Waals surface area contributed by atoms with E-state index in [1.54, 1.807) is 12.3 Å². The summed E-state index contributed by atoms with van der Waals surface area (Å²) < 4.78 is 1.99. The Bertz CT molecular complexity index is 1090. The van der Waals surface area contributed by atoms with Crippen LogP contribution in [0.5, 0.6) is 5.75 Å². The molecule has 2 aromatic heterocycles. The van der Waals surface area contributed by atoms with Crippen LogP contribution < -0.4 is 0 Å². The summed E-state index contributed by atoms with van der Waals surface area (Å²) in [6.45, 7) is 6.27. The number of rotatable bonds is 3. The second-order valence-electron chi connectivity index (χ2n) is 7.07. The van der Waals surface area contributed by atoms with Crippen molar-refractivity contribution in [1.82, 2.24) is 14.4 Å². The van der Waals surface area contributed by atoms with Gasteiger partial charge in [-0.15, -0.1) is 0 Å². The fourth-order valence-corrected chi connectivity index (χ4v) is 3.52. The van der Waals surface area contributed by atoms with Crippen LogP contribution in [-0.4, -0.2) is 19.5 Å². The number of halogens is 2. The molecule has 1 N–H and O–H groups in total. The van der Waals surface area contributed by atoms with Gasteiger partial charge in [-0.25, -0.2) is 9.97 Å². The molecular weight excluding hydrogens is 450 g/mol. The van der Waals surface area contributed by atoms with Gasteiger partial charge in [0.15, 0.2) is 0 Å². The van der Waals surface area contributed by atoms with Crippen molar-refractivity contribution in [3.8, 4) is 17.0 Å². The SMILES string of the molecule is CC(C)c1c(-c2cc(CBr)ccc2O)nc2ncccn12.Cc1ccc(Cl)cc1. The topological polar surface area (TPSA) is 50.4 Å². The van der Waals surface area contributed by atoms with Crippen molar-refractivity contribution in [3.63, 3.8) is 0 Å². The number of aryl methyl sites for hydroxylation is 1. The van der Waals surface area contributed by atoms with Crippen LogP contribution in [0.25, 0.3) is 17.0 Å². The number of aromatic hydroxyl groups is 1. The lowest BCUT2D eigenvalue weighted by molar-refractivity contribution is 0.477. The fraction of sp³-hybridized carbons (Fsp3) is 0.217. The first kappa shape index (κ1) is 21.3. The van der Waals surface area contributed by atoms with Crippen LogP contribution >= 0.6 is 27.5 Å². The van der Waals surface area contributed by atoms with Crippen LogP contribution in [0.2, 0.25) is 5.02 Å². The lowest BCUT2D eigenvalue weighted by Gasteiger charge is -2.10. The van der Waals surface area contributed by atoms with Crippen LogP contribution in [0.3, 0.4) is 0 Å². The second-order valence-corrected chi connectivity index (χ2v) is 8.07. The molecule has 0 radical (unpaired) electrons. The van der Waals surface area contributed by atoms with Gasteiger partial charge in [0.2, 0.25) is 5.78 Å². The van der Waals surface area contributed by atoms with Crippen LogP contribution in [0.4, 0.5) is 0 Å². The largest absolute Gasteiger partial charge is 0.507 e. The maximum atomic E-state index is 10.2. The number of hydrogen-bond acceptors (Lipinski definition) is 3. The van der Waals surface area contributed by atoms with Crippen LogP contribution in [0.1, 0.15) is 36.6 Å². The Morgan fingerprint density at radius 3 is 2.48 bits per heavy atom.